The van der Waals surface area contributed by atoms with Gasteiger partial charge >= 0.3 is 0 Å². The van der Waals surface area contributed by atoms with Crippen LogP contribution >= 0.6 is 0 Å². The molecule has 0 spiro atoms. The number of piperidine rings is 1. The third-order valence-corrected chi connectivity index (χ3v) is 5.39. The van der Waals surface area contributed by atoms with Crippen molar-refractivity contribution in [3.63, 3.8) is 0 Å². The predicted octanol–water partition coefficient (Wildman–Crippen LogP) is 2.88. The normalized spacial score (nSPS) is 14.9. The number of ether oxygens (including phenoxy) is 1. The van der Waals surface area contributed by atoms with Crippen molar-refractivity contribution >= 4 is 16.8 Å². The molecule has 3 heterocycles. The second-order valence-corrected chi connectivity index (χ2v) is 7.52. The molecule has 0 saturated carbocycles. The maximum absolute atomic E-state index is 12.3. The van der Waals surface area contributed by atoms with Crippen LogP contribution in [0.3, 0.4) is 0 Å². The third-order valence-electron chi connectivity index (χ3n) is 5.39. The highest BCUT2D eigenvalue weighted by Gasteiger charge is 2.11. The molecule has 4 N–H and O–H groups in total. The molecule has 1 aliphatic heterocycles. The highest BCUT2D eigenvalue weighted by Crippen LogP contribution is 2.26. The molecule has 1 amide bonds. The lowest BCUT2D eigenvalue weighted by Crippen LogP contribution is -2.31. The number of pyridine rings is 1. The predicted molar refractivity (Wildman–Crippen MR) is 113 cm³/mol. The molecule has 4 rings (SSSR count). The van der Waals surface area contributed by atoms with Crippen molar-refractivity contribution in [2.24, 2.45) is 5.73 Å². The van der Waals surface area contributed by atoms with E-state index in [1.165, 1.54) is 38.4 Å². The topological polar surface area (TPSA) is 104 Å². The van der Waals surface area contributed by atoms with Gasteiger partial charge in [0.05, 0.1) is 17.9 Å². The van der Waals surface area contributed by atoms with E-state index < -0.39 is 5.91 Å². The van der Waals surface area contributed by atoms with E-state index in [1.54, 1.807) is 6.07 Å². The number of fused-ring (bicyclic) bond motifs is 1. The minimum Gasteiger partial charge on any atom is -0.494 e. The lowest BCUT2D eigenvalue weighted by molar-refractivity contribution is 0.0995. The molecule has 0 unspecified atom stereocenters. The average molecular weight is 394 g/mol. The number of H-pyrrole nitrogens is 2. The van der Waals surface area contributed by atoms with Gasteiger partial charge in [-0.2, -0.15) is 0 Å². The summed E-state index contributed by atoms with van der Waals surface area (Å²) in [6, 6.07) is 10.9. The number of nitrogens with two attached hydrogens (primary N) is 1. The molecule has 2 aromatic heterocycles. The number of primary amides is 1. The van der Waals surface area contributed by atoms with Crippen molar-refractivity contribution in [1.29, 1.82) is 0 Å². The number of hydrogen-bond acceptors (Lipinski definition) is 4. The van der Waals surface area contributed by atoms with E-state index >= 15 is 0 Å². The zero-order chi connectivity index (χ0) is 20.2. The molecule has 7 nitrogen and oxygen atoms in total. The van der Waals surface area contributed by atoms with Crippen molar-refractivity contribution in [3.05, 3.63) is 52.4 Å². The third kappa shape index (κ3) is 4.51. The van der Waals surface area contributed by atoms with Crippen LogP contribution in [0.2, 0.25) is 0 Å². The molecular weight excluding hydrogens is 368 g/mol. The second-order valence-electron chi connectivity index (χ2n) is 7.52. The van der Waals surface area contributed by atoms with Gasteiger partial charge in [-0.15, -0.1) is 0 Å². The summed E-state index contributed by atoms with van der Waals surface area (Å²) < 4.78 is 5.93. The minimum absolute atomic E-state index is 0.0927. The monoisotopic (exact) mass is 394 g/mol. The first kappa shape index (κ1) is 19.3. The Balaban J connectivity index is 1.42. The number of hydrogen-bond donors (Lipinski definition) is 3. The van der Waals surface area contributed by atoms with E-state index in [0.29, 0.717) is 17.9 Å². The highest BCUT2D eigenvalue weighted by atomic mass is 16.5. The number of rotatable bonds is 7. The molecule has 152 valence electrons. The second kappa shape index (κ2) is 8.53. The lowest BCUT2D eigenvalue weighted by Gasteiger charge is -2.26. The molecular formula is C22H26N4O3. The fourth-order valence-corrected chi connectivity index (χ4v) is 3.84. The van der Waals surface area contributed by atoms with Gasteiger partial charge in [0.15, 0.2) is 0 Å². The molecule has 3 aromatic rings. The summed E-state index contributed by atoms with van der Waals surface area (Å²) in [7, 11) is 0. The van der Waals surface area contributed by atoms with E-state index in [0.717, 1.165) is 29.6 Å². The number of nitrogens with one attached hydrogen (secondary N) is 2. The Morgan fingerprint density at radius 2 is 1.90 bits per heavy atom. The Hall–Kier alpha value is -3.06. The number of benzene rings is 1. The van der Waals surface area contributed by atoms with Crippen LogP contribution in [0.1, 0.15) is 36.2 Å². The first-order valence-corrected chi connectivity index (χ1v) is 10.1. The average Bonchev–Trinajstić information content (AvgIpc) is 3.15. The van der Waals surface area contributed by atoms with Crippen LogP contribution in [0.5, 0.6) is 5.75 Å². The fraction of sp³-hybridized carbons (Fsp3) is 0.364. The SMILES string of the molecule is NC(=O)c1ccc(-c2cc3cc(OCCCN4CCCCC4)ccc3[nH]2)c(=O)[nH]1. The van der Waals surface area contributed by atoms with Crippen LogP contribution in [0.15, 0.2) is 41.2 Å². The summed E-state index contributed by atoms with van der Waals surface area (Å²) >= 11 is 0. The molecule has 0 bridgehead atoms. The molecule has 0 radical (unpaired) electrons. The minimum atomic E-state index is -0.660. The highest BCUT2D eigenvalue weighted by molar-refractivity contribution is 5.91. The summed E-state index contributed by atoms with van der Waals surface area (Å²) in [6.07, 6.45) is 4.98. The molecule has 0 aliphatic carbocycles. The van der Waals surface area contributed by atoms with Gasteiger partial charge in [-0.05, 0) is 68.8 Å². The Labute approximate surface area is 168 Å². The lowest BCUT2D eigenvalue weighted by atomic mass is 10.1. The molecule has 7 heteroatoms. The van der Waals surface area contributed by atoms with Gasteiger partial charge in [0.1, 0.15) is 11.4 Å². The molecule has 1 fully saturated rings. The van der Waals surface area contributed by atoms with E-state index in [1.807, 2.05) is 24.3 Å². The first-order chi connectivity index (χ1) is 14.1. The largest absolute Gasteiger partial charge is 0.494 e. The number of aromatic nitrogens is 2. The maximum atomic E-state index is 12.3. The molecule has 1 aliphatic rings. The summed E-state index contributed by atoms with van der Waals surface area (Å²) in [4.78, 5) is 31.7. The van der Waals surface area contributed by atoms with E-state index in [9.17, 15) is 9.59 Å². The molecule has 0 atom stereocenters. The van der Waals surface area contributed by atoms with Crippen molar-refractivity contribution in [3.8, 4) is 17.0 Å². The van der Waals surface area contributed by atoms with Gasteiger partial charge in [-0.3, -0.25) is 9.59 Å². The quantitative estimate of drug-likeness (QED) is 0.536. The van der Waals surface area contributed by atoms with Crippen LogP contribution in [-0.2, 0) is 0 Å². The van der Waals surface area contributed by atoms with Crippen molar-refractivity contribution < 1.29 is 9.53 Å². The van der Waals surface area contributed by atoms with Gasteiger partial charge < -0.3 is 25.3 Å². The van der Waals surface area contributed by atoms with Crippen molar-refractivity contribution in [2.75, 3.05) is 26.2 Å². The Morgan fingerprint density at radius 3 is 2.66 bits per heavy atom. The first-order valence-electron chi connectivity index (χ1n) is 10.1. The van der Waals surface area contributed by atoms with E-state index in [4.69, 9.17) is 10.5 Å². The smallest absolute Gasteiger partial charge is 0.265 e. The number of likely N-dealkylation sites (tertiary alicyclic amines) is 1. The summed E-state index contributed by atoms with van der Waals surface area (Å²) in [5.41, 5.74) is 6.99. The number of carbonyl (C=O) groups excluding carboxylic acids is 1. The summed E-state index contributed by atoms with van der Waals surface area (Å²) in [5.74, 6) is 0.159. The van der Waals surface area contributed by atoms with Gasteiger partial charge in [0, 0.05) is 17.4 Å². The Kier molecular flexibility index (Phi) is 5.67. The maximum Gasteiger partial charge on any atom is 0.265 e. The van der Waals surface area contributed by atoms with Crippen molar-refractivity contribution in [2.45, 2.75) is 25.7 Å². The molecule has 1 saturated heterocycles. The molecule has 1 aromatic carbocycles. The van der Waals surface area contributed by atoms with Crippen LogP contribution in [-0.4, -0.2) is 47.0 Å². The Bertz CT molecular complexity index is 1060. The number of carbonyl (C=O) groups is 1. The van der Waals surface area contributed by atoms with Crippen LogP contribution in [0.25, 0.3) is 22.2 Å². The van der Waals surface area contributed by atoms with Gasteiger partial charge in [-0.1, -0.05) is 6.42 Å². The summed E-state index contributed by atoms with van der Waals surface area (Å²) in [6.45, 7) is 4.18. The van der Waals surface area contributed by atoms with Gasteiger partial charge in [-0.25, -0.2) is 0 Å². The van der Waals surface area contributed by atoms with Crippen LogP contribution in [0, 0.1) is 0 Å². The van der Waals surface area contributed by atoms with E-state index in [-0.39, 0.29) is 11.3 Å². The van der Waals surface area contributed by atoms with Crippen LogP contribution < -0.4 is 16.0 Å². The molecule has 29 heavy (non-hydrogen) atoms. The van der Waals surface area contributed by atoms with Crippen molar-refractivity contribution in [1.82, 2.24) is 14.9 Å². The number of nitrogens with zero attached hydrogens (tertiary/aromatic N) is 1. The van der Waals surface area contributed by atoms with Crippen LogP contribution in [0.4, 0.5) is 0 Å². The van der Waals surface area contributed by atoms with E-state index in [2.05, 4.69) is 14.9 Å². The zero-order valence-corrected chi connectivity index (χ0v) is 16.4. The fourth-order valence-electron chi connectivity index (χ4n) is 3.84. The van der Waals surface area contributed by atoms with Gasteiger partial charge in [0.2, 0.25) is 0 Å². The van der Waals surface area contributed by atoms with Gasteiger partial charge in [0.25, 0.3) is 11.5 Å². The number of aromatic amines is 2. The number of amides is 1. The summed E-state index contributed by atoms with van der Waals surface area (Å²) in [5, 5.41) is 0.965. The standard InChI is InChI=1S/C22H26N4O3/c23-21(27)19-8-6-17(22(28)25-19)20-14-15-13-16(5-7-18(15)24-20)29-12-4-11-26-9-2-1-3-10-26/h5-8,13-14,24H,1-4,9-12H2,(H2,23,27)(H,25,28). The zero-order valence-electron chi connectivity index (χ0n) is 16.4. The Morgan fingerprint density at radius 1 is 1.07 bits per heavy atom.